The molecular formula is C17H16O3. The van der Waals surface area contributed by atoms with Gasteiger partial charge in [0.25, 0.3) is 0 Å². The second-order valence-electron chi connectivity index (χ2n) is 4.65. The first-order valence-electron chi connectivity index (χ1n) is 6.52. The summed E-state index contributed by atoms with van der Waals surface area (Å²) in [5.74, 6) is 2.24. The summed E-state index contributed by atoms with van der Waals surface area (Å²) >= 11 is 0. The van der Waals surface area contributed by atoms with Crippen LogP contribution in [0.4, 0.5) is 0 Å². The molecule has 0 N–H and O–H groups in total. The molecule has 1 aromatic heterocycles. The number of aryl methyl sites for hydroxylation is 1. The molecular weight excluding hydrogens is 252 g/mol. The lowest BCUT2D eigenvalue weighted by molar-refractivity contribution is 0.259. The molecule has 20 heavy (non-hydrogen) atoms. The smallest absolute Gasteiger partial charge is 0.161 e. The second kappa shape index (κ2) is 5.29. The molecule has 0 aliphatic heterocycles. The van der Waals surface area contributed by atoms with Crippen LogP contribution < -0.4 is 9.47 Å². The zero-order chi connectivity index (χ0) is 13.9. The van der Waals surface area contributed by atoms with E-state index in [4.69, 9.17) is 13.9 Å². The molecule has 3 heteroatoms. The van der Waals surface area contributed by atoms with Crippen LogP contribution in [0, 0.1) is 6.92 Å². The standard InChI is InChI=1S/C17H16O3/c1-12-6-5-7-13-10-14(20-17(12)13)11-19-16-9-4-3-8-15(16)18-2/h3-10H,11H2,1-2H3. The van der Waals surface area contributed by atoms with E-state index < -0.39 is 0 Å². The molecule has 0 saturated carbocycles. The third-order valence-corrected chi connectivity index (χ3v) is 3.23. The Morgan fingerprint density at radius 3 is 2.55 bits per heavy atom. The zero-order valence-electron chi connectivity index (χ0n) is 11.6. The number of furan rings is 1. The maximum atomic E-state index is 5.83. The number of fused-ring (bicyclic) bond motifs is 1. The quantitative estimate of drug-likeness (QED) is 0.705. The SMILES string of the molecule is COc1ccccc1OCc1cc2cccc(C)c2o1. The van der Waals surface area contributed by atoms with Crippen molar-refractivity contribution in [2.75, 3.05) is 7.11 Å². The summed E-state index contributed by atoms with van der Waals surface area (Å²) in [6, 6.07) is 15.7. The molecule has 0 unspecified atom stereocenters. The van der Waals surface area contributed by atoms with E-state index in [1.807, 2.05) is 55.5 Å². The molecule has 1 heterocycles. The van der Waals surface area contributed by atoms with E-state index in [1.165, 1.54) is 0 Å². The van der Waals surface area contributed by atoms with Crippen LogP contribution in [-0.4, -0.2) is 7.11 Å². The molecule has 0 spiro atoms. The summed E-state index contributed by atoms with van der Waals surface area (Å²) in [7, 11) is 1.63. The van der Waals surface area contributed by atoms with E-state index in [9.17, 15) is 0 Å². The third-order valence-electron chi connectivity index (χ3n) is 3.23. The van der Waals surface area contributed by atoms with Crippen LogP contribution in [-0.2, 0) is 6.61 Å². The minimum atomic E-state index is 0.383. The van der Waals surface area contributed by atoms with Crippen LogP contribution in [0.15, 0.2) is 52.9 Å². The maximum absolute atomic E-state index is 5.83. The maximum Gasteiger partial charge on any atom is 0.161 e. The number of methoxy groups -OCH3 is 1. The lowest BCUT2D eigenvalue weighted by Gasteiger charge is -2.08. The van der Waals surface area contributed by atoms with Crippen molar-refractivity contribution in [2.24, 2.45) is 0 Å². The number of para-hydroxylation sites is 3. The van der Waals surface area contributed by atoms with Gasteiger partial charge in [0.15, 0.2) is 11.5 Å². The van der Waals surface area contributed by atoms with Gasteiger partial charge in [0.1, 0.15) is 18.0 Å². The normalized spacial score (nSPS) is 10.7. The van der Waals surface area contributed by atoms with Gasteiger partial charge >= 0.3 is 0 Å². The van der Waals surface area contributed by atoms with Gasteiger partial charge in [-0.05, 0) is 30.7 Å². The lowest BCUT2D eigenvalue weighted by atomic mass is 10.2. The molecule has 3 rings (SSSR count). The van der Waals surface area contributed by atoms with Crippen LogP contribution >= 0.6 is 0 Å². The number of hydrogen-bond acceptors (Lipinski definition) is 3. The molecule has 0 aliphatic rings. The summed E-state index contributed by atoms with van der Waals surface area (Å²) in [5.41, 5.74) is 2.05. The summed E-state index contributed by atoms with van der Waals surface area (Å²) in [6.45, 7) is 2.42. The number of ether oxygens (including phenoxy) is 2. The largest absolute Gasteiger partial charge is 0.493 e. The summed E-state index contributed by atoms with van der Waals surface area (Å²) in [5, 5.41) is 1.10. The fourth-order valence-electron chi connectivity index (χ4n) is 2.22. The van der Waals surface area contributed by atoms with E-state index in [1.54, 1.807) is 7.11 Å². The molecule has 3 nitrogen and oxygen atoms in total. The van der Waals surface area contributed by atoms with E-state index in [2.05, 4.69) is 0 Å². The van der Waals surface area contributed by atoms with Gasteiger partial charge in [-0.3, -0.25) is 0 Å². The Morgan fingerprint density at radius 2 is 1.80 bits per heavy atom. The van der Waals surface area contributed by atoms with Crippen molar-refractivity contribution < 1.29 is 13.9 Å². The molecule has 2 aromatic carbocycles. The molecule has 3 aromatic rings. The topological polar surface area (TPSA) is 31.6 Å². The average Bonchev–Trinajstić information content (AvgIpc) is 2.90. The predicted octanol–water partition coefficient (Wildman–Crippen LogP) is 4.33. The highest BCUT2D eigenvalue weighted by atomic mass is 16.5. The molecule has 0 fully saturated rings. The third kappa shape index (κ3) is 2.35. The van der Waals surface area contributed by atoms with Gasteiger partial charge in [-0.1, -0.05) is 30.3 Å². The van der Waals surface area contributed by atoms with Crippen LogP contribution in [0.25, 0.3) is 11.0 Å². The first-order chi connectivity index (χ1) is 9.78. The van der Waals surface area contributed by atoms with E-state index in [0.717, 1.165) is 28.0 Å². The van der Waals surface area contributed by atoms with Gasteiger partial charge in [0.2, 0.25) is 0 Å². The predicted molar refractivity (Wildman–Crippen MR) is 78.3 cm³/mol. The van der Waals surface area contributed by atoms with Crippen molar-refractivity contribution in [1.82, 2.24) is 0 Å². The van der Waals surface area contributed by atoms with Crippen LogP contribution in [0.5, 0.6) is 11.5 Å². The average molecular weight is 268 g/mol. The lowest BCUT2D eigenvalue weighted by Crippen LogP contribution is -1.96. The number of hydrogen-bond donors (Lipinski definition) is 0. The minimum Gasteiger partial charge on any atom is -0.493 e. The summed E-state index contributed by atoms with van der Waals surface area (Å²) in [6.07, 6.45) is 0. The van der Waals surface area contributed by atoms with Crippen molar-refractivity contribution in [2.45, 2.75) is 13.5 Å². The molecule has 0 radical (unpaired) electrons. The van der Waals surface area contributed by atoms with Gasteiger partial charge in [0.05, 0.1) is 7.11 Å². The van der Waals surface area contributed by atoms with Crippen LogP contribution in [0.3, 0.4) is 0 Å². The highest BCUT2D eigenvalue weighted by molar-refractivity contribution is 5.80. The summed E-state index contributed by atoms with van der Waals surface area (Å²) < 4.78 is 16.8. The van der Waals surface area contributed by atoms with Gasteiger partial charge in [-0.15, -0.1) is 0 Å². The molecule has 0 amide bonds. The van der Waals surface area contributed by atoms with Crippen molar-refractivity contribution in [1.29, 1.82) is 0 Å². The van der Waals surface area contributed by atoms with Gasteiger partial charge < -0.3 is 13.9 Å². The van der Waals surface area contributed by atoms with Gasteiger partial charge in [-0.25, -0.2) is 0 Å². The highest BCUT2D eigenvalue weighted by Gasteiger charge is 2.08. The molecule has 0 bridgehead atoms. The Bertz CT molecular complexity index is 728. The molecule has 0 atom stereocenters. The minimum absolute atomic E-state index is 0.383. The fraction of sp³-hybridized carbons (Fsp3) is 0.176. The Hall–Kier alpha value is -2.42. The number of rotatable bonds is 4. The van der Waals surface area contributed by atoms with Gasteiger partial charge in [0, 0.05) is 5.39 Å². The Kier molecular flexibility index (Phi) is 3.33. The second-order valence-corrected chi connectivity index (χ2v) is 4.65. The van der Waals surface area contributed by atoms with E-state index in [0.29, 0.717) is 12.4 Å². The van der Waals surface area contributed by atoms with Crippen LogP contribution in [0.1, 0.15) is 11.3 Å². The number of benzene rings is 2. The van der Waals surface area contributed by atoms with Crippen molar-refractivity contribution >= 4 is 11.0 Å². The summed E-state index contributed by atoms with van der Waals surface area (Å²) in [4.78, 5) is 0. The first kappa shape index (κ1) is 12.6. The van der Waals surface area contributed by atoms with E-state index >= 15 is 0 Å². The Balaban J connectivity index is 1.82. The fourth-order valence-corrected chi connectivity index (χ4v) is 2.22. The monoisotopic (exact) mass is 268 g/mol. The Labute approximate surface area is 117 Å². The van der Waals surface area contributed by atoms with Crippen molar-refractivity contribution in [3.63, 3.8) is 0 Å². The van der Waals surface area contributed by atoms with E-state index in [-0.39, 0.29) is 0 Å². The molecule has 0 saturated heterocycles. The van der Waals surface area contributed by atoms with Gasteiger partial charge in [-0.2, -0.15) is 0 Å². The van der Waals surface area contributed by atoms with Crippen molar-refractivity contribution in [3.05, 3.63) is 59.9 Å². The molecule has 0 aliphatic carbocycles. The highest BCUT2D eigenvalue weighted by Crippen LogP contribution is 2.28. The molecule has 102 valence electrons. The first-order valence-corrected chi connectivity index (χ1v) is 6.52. The van der Waals surface area contributed by atoms with Crippen LogP contribution in [0.2, 0.25) is 0 Å². The Morgan fingerprint density at radius 1 is 1.00 bits per heavy atom. The van der Waals surface area contributed by atoms with Crippen molar-refractivity contribution in [3.8, 4) is 11.5 Å². The zero-order valence-corrected chi connectivity index (χ0v) is 11.6.